The average molecular weight is 453 g/mol. The maximum Gasteiger partial charge on any atom is 0.336 e. The largest absolute Gasteiger partial charge is 0.423 e. The van der Waals surface area contributed by atoms with Crippen molar-refractivity contribution in [2.45, 2.75) is 27.3 Å². The molecule has 0 fully saturated rings. The molecular formula is C23H21ClN4O2S. The van der Waals surface area contributed by atoms with Crippen LogP contribution in [0.2, 0.25) is 5.02 Å². The van der Waals surface area contributed by atoms with Crippen LogP contribution >= 0.6 is 23.8 Å². The third kappa shape index (κ3) is 4.62. The van der Waals surface area contributed by atoms with Gasteiger partial charge in [0.15, 0.2) is 5.11 Å². The summed E-state index contributed by atoms with van der Waals surface area (Å²) in [6, 6.07) is 14.8. The van der Waals surface area contributed by atoms with Gasteiger partial charge in [0.25, 0.3) is 0 Å². The third-order valence-electron chi connectivity index (χ3n) is 5.07. The quantitative estimate of drug-likeness (QED) is 0.318. The zero-order valence-electron chi connectivity index (χ0n) is 17.3. The van der Waals surface area contributed by atoms with Gasteiger partial charge in [-0.05, 0) is 68.4 Å². The topological polar surface area (TPSA) is 72.1 Å². The molecule has 6 nitrogen and oxygen atoms in total. The molecule has 0 aliphatic carbocycles. The van der Waals surface area contributed by atoms with Crippen LogP contribution in [0.1, 0.15) is 22.5 Å². The van der Waals surface area contributed by atoms with Crippen LogP contribution in [0.15, 0.2) is 57.7 Å². The first-order valence-corrected chi connectivity index (χ1v) is 10.5. The van der Waals surface area contributed by atoms with E-state index < -0.39 is 0 Å². The first-order valence-electron chi connectivity index (χ1n) is 9.71. The number of fused-ring (bicyclic) bond motifs is 1. The smallest absolute Gasteiger partial charge is 0.336 e. The van der Waals surface area contributed by atoms with Gasteiger partial charge in [-0.15, -0.1) is 0 Å². The van der Waals surface area contributed by atoms with Gasteiger partial charge < -0.3 is 15.1 Å². The number of hydrogen-bond donors (Lipinski definition) is 2. The monoisotopic (exact) mass is 452 g/mol. The predicted molar refractivity (Wildman–Crippen MR) is 129 cm³/mol. The molecule has 0 bridgehead atoms. The van der Waals surface area contributed by atoms with Crippen LogP contribution in [0.3, 0.4) is 0 Å². The van der Waals surface area contributed by atoms with E-state index in [4.69, 9.17) is 28.2 Å². The van der Waals surface area contributed by atoms with Crippen LogP contribution in [-0.2, 0) is 6.54 Å². The maximum atomic E-state index is 11.7. The summed E-state index contributed by atoms with van der Waals surface area (Å²) in [4.78, 5) is 11.7. The summed E-state index contributed by atoms with van der Waals surface area (Å²) in [6.45, 7) is 6.44. The second kappa shape index (κ2) is 8.53. The lowest BCUT2D eigenvalue weighted by Gasteiger charge is -2.12. The molecule has 0 saturated carbocycles. The van der Waals surface area contributed by atoms with E-state index in [-0.39, 0.29) is 5.63 Å². The Kier molecular flexibility index (Phi) is 5.80. The number of rotatable bonds is 4. The zero-order chi connectivity index (χ0) is 22.1. The highest BCUT2D eigenvalue weighted by molar-refractivity contribution is 7.80. The summed E-state index contributed by atoms with van der Waals surface area (Å²) < 4.78 is 7.24. The van der Waals surface area contributed by atoms with E-state index in [1.165, 1.54) is 6.07 Å². The van der Waals surface area contributed by atoms with Crippen LogP contribution in [0.4, 0.5) is 11.4 Å². The van der Waals surface area contributed by atoms with Gasteiger partial charge in [-0.25, -0.2) is 4.79 Å². The number of thiocarbonyl (C=S) groups is 1. The number of aromatic nitrogens is 2. The number of halogens is 1. The first kappa shape index (κ1) is 21.1. The lowest BCUT2D eigenvalue weighted by Crippen LogP contribution is -2.20. The van der Waals surface area contributed by atoms with Crippen molar-refractivity contribution < 1.29 is 4.42 Å². The van der Waals surface area contributed by atoms with E-state index in [0.717, 1.165) is 39.3 Å². The number of nitrogens with zero attached hydrogens (tertiary/aromatic N) is 2. The molecule has 0 saturated heterocycles. The summed E-state index contributed by atoms with van der Waals surface area (Å²) in [5.41, 5.74) is 5.51. The van der Waals surface area contributed by atoms with Crippen LogP contribution in [-0.4, -0.2) is 14.9 Å². The lowest BCUT2D eigenvalue weighted by atomic mass is 10.1. The Hall–Kier alpha value is -3.16. The van der Waals surface area contributed by atoms with Crippen LogP contribution in [0, 0.1) is 20.8 Å². The fourth-order valence-corrected chi connectivity index (χ4v) is 3.82. The second-order valence-corrected chi connectivity index (χ2v) is 8.21. The van der Waals surface area contributed by atoms with Gasteiger partial charge in [-0.1, -0.05) is 23.7 Å². The molecule has 0 aliphatic rings. The van der Waals surface area contributed by atoms with Gasteiger partial charge in [0.1, 0.15) is 5.58 Å². The van der Waals surface area contributed by atoms with Crippen LogP contribution in [0.25, 0.3) is 11.0 Å². The Balaban J connectivity index is 1.51. The van der Waals surface area contributed by atoms with Crippen molar-refractivity contribution in [3.05, 3.63) is 86.5 Å². The lowest BCUT2D eigenvalue weighted by molar-refractivity contribution is 0.560. The van der Waals surface area contributed by atoms with E-state index in [0.29, 0.717) is 22.3 Å². The fourth-order valence-electron chi connectivity index (χ4n) is 3.47. The number of anilines is 2. The molecule has 4 rings (SSSR count). The van der Waals surface area contributed by atoms with Gasteiger partial charge in [0.2, 0.25) is 0 Å². The first-order chi connectivity index (χ1) is 14.8. The normalized spacial score (nSPS) is 11.0. The van der Waals surface area contributed by atoms with Crippen molar-refractivity contribution in [2.75, 3.05) is 10.6 Å². The van der Waals surface area contributed by atoms with Gasteiger partial charge >= 0.3 is 5.63 Å². The number of hydrogen-bond acceptors (Lipinski definition) is 4. The van der Waals surface area contributed by atoms with E-state index in [2.05, 4.69) is 15.7 Å². The standard InChI is InChI=1S/C23H21ClN4O2S/c1-13-10-21(29)30-20-11-18(8-9-19(13)20)25-23(31)26-22-14(2)27-28(15(22)3)12-16-4-6-17(24)7-5-16/h4-11H,12H2,1-3H3,(H2,25,26,31). The molecule has 0 unspecified atom stereocenters. The van der Waals surface area contributed by atoms with Crippen LogP contribution in [0.5, 0.6) is 0 Å². The molecule has 158 valence electrons. The minimum absolute atomic E-state index is 0.373. The van der Waals surface area contributed by atoms with E-state index in [1.807, 2.05) is 61.9 Å². The molecule has 0 spiro atoms. The summed E-state index contributed by atoms with van der Waals surface area (Å²) in [6.07, 6.45) is 0. The highest BCUT2D eigenvalue weighted by Gasteiger charge is 2.13. The SMILES string of the molecule is Cc1nn(Cc2ccc(Cl)cc2)c(C)c1NC(=S)Nc1ccc2c(C)cc(=O)oc2c1. The van der Waals surface area contributed by atoms with Gasteiger partial charge in [0.05, 0.1) is 23.6 Å². The van der Waals surface area contributed by atoms with Crippen molar-refractivity contribution in [1.29, 1.82) is 0 Å². The van der Waals surface area contributed by atoms with Crippen molar-refractivity contribution in [1.82, 2.24) is 9.78 Å². The summed E-state index contributed by atoms with van der Waals surface area (Å²) >= 11 is 11.5. The molecule has 0 radical (unpaired) electrons. The van der Waals surface area contributed by atoms with Crippen molar-refractivity contribution in [3.8, 4) is 0 Å². The molecular weight excluding hydrogens is 432 g/mol. The molecule has 2 aromatic carbocycles. The van der Waals surface area contributed by atoms with Gasteiger partial charge in [-0.2, -0.15) is 5.10 Å². The van der Waals surface area contributed by atoms with Crippen molar-refractivity contribution in [2.24, 2.45) is 0 Å². The van der Waals surface area contributed by atoms with E-state index >= 15 is 0 Å². The zero-order valence-corrected chi connectivity index (χ0v) is 18.9. The molecule has 0 atom stereocenters. The Bertz CT molecular complexity index is 1340. The summed E-state index contributed by atoms with van der Waals surface area (Å²) in [5.74, 6) is 0. The van der Waals surface area contributed by atoms with E-state index in [9.17, 15) is 4.79 Å². The molecule has 31 heavy (non-hydrogen) atoms. The number of nitrogens with one attached hydrogen (secondary N) is 2. The van der Waals surface area contributed by atoms with Crippen molar-refractivity contribution >= 4 is 51.3 Å². The maximum absolute atomic E-state index is 11.7. The highest BCUT2D eigenvalue weighted by Crippen LogP contribution is 2.23. The fraction of sp³-hybridized carbons (Fsp3) is 0.174. The minimum atomic E-state index is -0.373. The highest BCUT2D eigenvalue weighted by atomic mass is 35.5. The van der Waals surface area contributed by atoms with Crippen LogP contribution < -0.4 is 16.3 Å². The number of benzene rings is 2. The Morgan fingerprint density at radius 3 is 2.58 bits per heavy atom. The molecule has 2 heterocycles. The molecule has 8 heteroatoms. The average Bonchev–Trinajstić information content (AvgIpc) is 2.96. The third-order valence-corrected chi connectivity index (χ3v) is 5.53. The minimum Gasteiger partial charge on any atom is -0.423 e. The summed E-state index contributed by atoms with van der Waals surface area (Å²) in [7, 11) is 0. The van der Waals surface area contributed by atoms with E-state index in [1.54, 1.807) is 6.07 Å². The van der Waals surface area contributed by atoms with Gasteiger partial charge in [-0.3, -0.25) is 4.68 Å². The Morgan fingerprint density at radius 1 is 1.10 bits per heavy atom. The Morgan fingerprint density at radius 2 is 1.84 bits per heavy atom. The molecule has 0 aliphatic heterocycles. The second-order valence-electron chi connectivity index (χ2n) is 7.37. The molecule has 4 aromatic rings. The molecule has 0 amide bonds. The Labute approximate surface area is 189 Å². The molecule has 2 N–H and O–H groups in total. The van der Waals surface area contributed by atoms with Crippen molar-refractivity contribution in [3.63, 3.8) is 0 Å². The molecule has 2 aromatic heterocycles. The van der Waals surface area contributed by atoms with Gasteiger partial charge in [0, 0.05) is 28.2 Å². The predicted octanol–water partition coefficient (Wildman–Crippen LogP) is 5.43. The number of aryl methyl sites for hydroxylation is 2. The summed E-state index contributed by atoms with van der Waals surface area (Å²) in [5, 5.41) is 13.0.